The lowest BCUT2D eigenvalue weighted by Gasteiger charge is -2.23. The summed E-state index contributed by atoms with van der Waals surface area (Å²) in [5.41, 5.74) is 5.82. The van der Waals surface area contributed by atoms with E-state index in [0.29, 0.717) is 5.56 Å². The van der Waals surface area contributed by atoms with Crippen LogP contribution in [-0.2, 0) is 13.5 Å². The van der Waals surface area contributed by atoms with Crippen LogP contribution in [0, 0.1) is 0 Å². The minimum atomic E-state index is -0.462. The molecule has 0 radical (unpaired) electrons. The van der Waals surface area contributed by atoms with Gasteiger partial charge in [-0.25, -0.2) is 0 Å². The summed E-state index contributed by atoms with van der Waals surface area (Å²) < 4.78 is 1.78. The lowest BCUT2D eigenvalue weighted by Crippen LogP contribution is -2.36. The maximum absolute atomic E-state index is 13.9. The van der Waals surface area contributed by atoms with Gasteiger partial charge in [0.05, 0.1) is 12.2 Å². The summed E-state index contributed by atoms with van der Waals surface area (Å²) in [5.74, 6) is 0.0412. The number of Topliss-reactive ketones (excluding diaryl/α,β-unsaturated/α-hetero) is 1. The maximum Gasteiger partial charge on any atom is 0.186 e. The zero-order valence-electron chi connectivity index (χ0n) is 19.7. The molecule has 0 aliphatic rings. The standard InChI is InChI=1S/C29H27ClN4O/c1-19(14-20-8-11-24(30)12-9-20)33-28(21-6-4-3-5-7-21)29(35)26-17-31-27-15-22(10-13-25(26)27)23-16-32-34(2)18-23/h3-13,15-19,28,31,33H,14H2,1-2H3/t19-,28?/m1/s1. The van der Waals surface area contributed by atoms with E-state index in [4.69, 9.17) is 11.6 Å². The van der Waals surface area contributed by atoms with Gasteiger partial charge in [0, 0.05) is 52.5 Å². The fraction of sp³-hybridized carbons (Fsp3) is 0.172. The van der Waals surface area contributed by atoms with E-state index in [1.165, 1.54) is 5.56 Å². The minimum absolute atomic E-state index is 0.0412. The first-order valence-corrected chi connectivity index (χ1v) is 12.1. The first-order valence-electron chi connectivity index (χ1n) is 11.7. The van der Waals surface area contributed by atoms with Crippen LogP contribution in [0.4, 0.5) is 0 Å². The fourth-order valence-electron chi connectivity index (χ4n) is 4.52. The van der Waals surface area contributed by atoms with E-state index >= 15 is 0 Å². The smallest absolute Gasteiger partial charge is 0.186 e. The SMILES string of the molecule is C[C@H](Cc1ccc(Cl)cc1)NC(C(=O)c1c[nH]c2cc(-c3cnn(C)c3)ccc12)c1ccccc1. The highest BCUT2D eigenvalue weighted by Gasteiger charge is 2.26. The third-order valence-electron chi connectivity index (χ3n) is 6.29. The molecular weight excluding hydrogens is 456 g/mol. The van der Waals surface area contributed by atoms with Crippen LogP contribution in [0.1, 0.15) is 34.5 Å². The number of H-pyrrole nitrogens is 1. The number of ketones is 1. The first-order chi connectivity index (χ1) is 17.0. The zero-order valence-corrected chi connectivity index (χ0v) is 20.5. The van der Waals surface area contributed by atoms with Crippen LogP contribution < -0.4 is 5.32 Å². The predicted molar refractivity (Wildman–Crippen MR) is 142 cm³/mol. The Balaban J connectivity index is 1.43. The molecule has 5 nitrogen and oxygen atoms in total. The van der Waals surface area contributed by atoms with Crippen LogP contribution in [0.25, 0.3) is 22.0 Å². The van der Waals surface area contributed by atoms with Gasteiger partial charge < -0.3 is 10.3 Å². The van der Waals surface area contributed by atoms with Crippen molar-refractivity contribution in [3.8, 4) is 11.1 Å². The fourth-order valence-corrected chi connectivity index (χ4v) is 4.65. The second-order valence-electron chi connectivity index (χ2n) is 8.97. The molecule has 0 saturated carbocycles. The Labute approximate surface area is 209 Å². The van der Waals surface area contributed by atoms with Crippen molar-refractivity contribution >= 4 is 28.3 Å². The first kappa shape index (κ1) is 23.1. The van der Waals surface area contributed by atoms with Gasteiger partial charge in [-0.15, -0.1) is 0 Å². The number of nitrogens with zero attached hydrogens (tertiary/aromatic N) is 2. The Morgan fingerprint density at radius 1 is 1.06 bits per heavy atom. The van der Waals surface area contributed by atoms with Crippen molar-refractivity contribution in [1.29, 1.82) is 0 Å². The van der Waals surface area contributed by atoms with E-state index in [-0.39, 0.29) is 11.8 Å². The highest BCUT2D eigenvalue weighted by atomic mass is 35.5. The van der Waals surface area contributed by atoms with Crippen molar-refractivity contribution in [2.45, 2.75) is 25.4 Å². The molecule has 0 saturated heterocycles. The Hall–Kier alpha value is -3.67. The van der Waals surface area contributed by atoms with Crippen LogP contribution in [0.15, 0.2) is 91.4 Å². The average Bonchev–Trinajstić information content (AvgIpc) is 3.50. The maximum atomic E-state index is 13.9. The summed E-state index contributed by atoms with van der Waals surface area (Å²) in [5, 5.41) is 9.48. The molecule has 2 aromatic heterocycles. The van der Waals surface area contributed by atoms with Crippen molar-refractivity contribution in [1.82, 2.24) is 20.1 Å². The molecule has 2 N–H and O–H groups in total. The molecule has 0 aliphatic heterocycles. The van der Waals surface area contributed by atoms with Gasteiger partial charge in [0.1, 0.15) is 0 Å². The highest BCUT2D eigenvalue weighted by Crippen LogP contribution is 2.29. The molecule has 0 fully saturated rings. The van der Waals surface area contributed by atoms with Crippen molar-refractivity contribution in [2.75, 3.05) is 0 Å². The quantitative estimate of drug-likeness (QED) is 0.253. The van der Waals surface area contributed by atoms with E-state index in [1.54, 1.807) is 4.68 Å². The van der Waals surface area contributed by atoms with Crippen molar-refractivity contribution in [2.24, 2.45) is 7.05 Å². The van der Waals surface area contributed by atoms with Gasteiger partial charge in [-0.3, -0.25) is 9.48 Å². The van der Waals surface area contributed by atoms with Crippen LogP contribution >= 0.6 is 11.6 Å². The average molecular weight is 483 g/mol. The predicted octanol–water partition coefficient (Wildman–Crippen LogP) is 6.37. The van der Waals surface area contributed by atoms with Crippen molar-refractivity contribution < 1.29 is 4.79 Å². The molecule has 2 heterocycles. The Morgan fingerprint density at radius 2 is 1.83 bits per heavy atom. The van der Waals surface area contributed by atoms with Crippen LogP contribution in [0.3, 0.4) is 0 Å². The number of rotatable bonds is 8. The lowest BCUT2D eigenvalue weighted by molar-refractivity contribution is 0.0938. The number of benzene rings is 3. The minimum Gasteiger partial charge on any atom is -0.360 e. The van der Waals surface area contributed by atoms with Crippen LogP contribution in [0.5, 0.6) is 0 Å². The van der Waals surface area contributed by atoms with Crippen LogP contribution in [0.2, 0.25) is 5.02 Å². The number of aromatic nitrogens is 3. The van der Waals surface area contributed by atoms with Gasteiger partial charge in [0.25, 0.3) is 0 Å². The number of carbonyl (C=O) groups excluding carboxylic acids is 1. The molecule has 0 bridgehead atoms. The lowest BCUT2D eigenvalue weighted by atomic mass is 9.95. The molecule has 1 unspecified atom stereocenters. The molecule has 6 heteroatoms. The number of nitrogens with one attached hydrogen (secondary N) is 2. The molecule has 2 atom stereocenters. The Kier molecular flexibility index (Phi) is 6.53. The van der Waals surface area contributed by atoms with Gasteiger partial charge in [-0.05, 0) is 48.2 Å². The summed E-state index contributed by atoms with van der Waals surface area (Å²) in [6.45, 7) is 2.10. The second-order valence-corrected chi connectivity index (χ2v) is 9.41. The van der Waals surface area contributed by atoms with Gasteiger partial charge in [0.2, 0.25) is 0 Å². The highest BCUT2D eigenvalue weighted by molar-refractivity contribution is 6.30. The van der Waals surface area contributed by atoms with E-state index in [1.807, 2.05) is 92.4 Å². The normalized spacial score (nSPS) is 13.1. The second kappa shape index (κ2) is 9.90. The summed E-state index contributed by atoms with van der Waals surface area (Å²) in [4.78, 5) is 17.2. The molecule has 35 heavy (non-hydrogen) atoms. The number of fused-ring (bicyclic) bond motifs is 1. The van der Waals surface area contributed by atoms with E-state index in [0.717, 1.165) is 39.0 Å². The molecular formula is C29H27ClN4O. The van der Waals surface area contributed by atoms with Crippen molar-refractivity contribution in [3.63, 3.8) is 0 Å². The summed E-state index contributed by atoms with van der Waals surface area (Å²) in [6.07, 6.45) is 6.43. The number of halogens is 1. The number of aryl methyl sites for hydroxylation is 1. The topological polar surface area (TPSA) is 62.7 Å². The molecule has 0 aliphatic carbocycles. The third-order valence-corrected chi connectivity index (χ3v) is 6.54. The number of hydrogen-bond donors (Lipinski definition) is 2. The zero-order chi connectivity index (χ0) is 24.4. The number of carbonyl (C=O) groups is 1. The van der Waals surface area contributed by atoms with Crippen molar-refractivity contribution in [3.05, 3.63) is 113 Å². The number of hydrogen-bond acceptors (Lipinski definition) is 3. The van der Waals surface area contributed by atoms with Gasteiger partial charge in [-0.2, -0.15) is 5.10 Å². The third kappa shape index (κ3) is 5.06. The molecule has 5 rings (SSSR count). The summed E-state index contributed by atoms with van der Waals surface area (Å²) in [7, 11) is 1.90. The van der Waals surface area contributed by atoms with Gasteiger partial charge in [-0.1, -0.05) is 66.2 Å². The number of aromatic amines is 1. The molecule has 0 amide bonds. The van der Waals surface area contributed by atoms with E-state index in [9.17, 15) is 4.79 Å². The monoisotopic (exact) mass is 482 g/mol. The summed E-state index contributed by atoms with van der Waals surface area (Å²) >= 11 is 6.04. The Bertz CT molecular complexity index is 1450. The van der Waals surface area contributed by atoms with Gasteiger partial charge >= 0.3 is 0 Å². The van der Waals surface area contributed by atoms with E-state index in [2.05, 4.69) is 28.4 Å². The molecule has 5 aromatic rings. The molecule has 3 aromatic carbocycles. The van der Waals surface area contributed by atoms with E-state index < -0.39 is 6.04 Å². The Morgan fingerprint density at radius 3 is 2.54 bits per heavy atom. The largest absolute Gasteiger partial charge is 0.360 e. The summed E-state index contributed by atoms with van der Waals surface area (Å²) in [6, 6.07) is 23.5. The molecule has 0 spiro atoms. The molecule has 176 valence electrons. The van der Waals surface area contributed by atoms with Gasteiger partial charge in [0.15, 0.2) is 5.78 Å². The van der Waals surface area contributed by atoms with Crippen LogP contribution in [-0.4, -0.2) is 26.6 Å².